The second-order valence-electron chi connectivity index (χ2n) is 3.61. The molecule has 1 aromatic rings. The minimum Gasteiger partial charge on any atom is -0.385 e. The van der Waals surface area contributed by atoms with Crippen LogP contribution in [0.1, 0.15) is 18.4 Å². The molecule has 1 rings (SSSR count). The Kier molecular flexibility index (Phi) is 5.49. The number of hydrogen-bond donors (Lipinski definition) is 1. The highest BCUT2D eigenvalue weighted by atomic mass is 79.9. The van der Waals surface area contributed by atoms with E-state index in [-0.39, 0.29) is 5.91 Å². The maximum absolute atomic E-state index is 11.5. The Morgan fingerprint density at radius 3 is 2.88 bits per heavy atom. The number of amides is 1. The van der Waals surface area contributed by atoms with E-state index < -0.39 is 0 Å². The lowest BCUT2D eigenvalue weighted by Gasteiger charge is -2.06. The summed E-state index contributed by atoms with van der Waals surface area (Å²) in [6, 6.07) is 5.75. The van der Waals surface area contributed by atoms with Gasteiger partial charge in [0.2, 0.25) is 5.91 Å². The van der Waals surface area contributed by atoms with Gasteiger partial charge in [0.05, 0.1) is 0 Å². The van der Waals surface area contributed by atoms with Gasteiger partial charge in [-0.25, -0.2) is 0 Å². The van der Waals surface area contributed by atoms with Gasteiger partial charge in [0.1, 0.15) is 0 Å². The van der Waals surface area contributed by atoms with Gasteiger partial charge in [0.25, 0.3) is 0 Å². The summed E-state index contributed by atoms with van der Waals surface area (Å²) >= 11 is 3.42. The number of halogens is 1. The average Bonchev–Trinajstić information content (AvgIpc) is 2.24. The number of ether oxygens (including phenoxy) is 1. The topological polar surface area (TPSA) is 38.3 Å². The van der Waals surface area contributed by atoms with E-state index in [1.54, 1.807) is 7.11 Å². The van der Waals surface area contributed by atoms with Crippen molar-refractivity contribution < 1.29 is 9.53 Å². The molecule has 88 valence electrons. The lowest BCUT2D eigenvalue weighted by atomic mass is 10.2. The van der Waals surface area contributed by atoms with Gasteiger partial charge in [0, 0.05) is 30.3 Å². The van der Waals surface area contributed by atoms with Crippen LogP contribution >= 0.6 is 15.9 Å². The third kappa shape index (κ3) is 4.33. The third-order valence-electron chi connectivity index (χ3n) is 2.19. The van der Waals surface area contributed by atoms with Crippen molar-refractivity contribution in [3.8, 4) is 0 Å². The monoisotopic (exact) mass is 285 g/mol. The van der Waals surface area contributed by atoms with Gasteiger partial charge in [-0.15, -0.1) is 0 Å². The Bertz CT molecular complexity index is 366. The zero-order valence-electron chi connectivity index (χ0n) is 9.55. The number of carbonyl (C=O) groups excluding carboxylic acids is 1. The summed E-state index contributed by atoms with van der Waals surface area (Å²) in [4.78, 5) is 11.5. The number of carbonyl (C=O) groups is 1. The summed E-state index contributed by atoms with van der Waals surface area (Å²) in [5.74, 6) is 0.0266. The minimum absolute atomic E-state index is 0.0266. The molecule has 1 amide bonds. The molecule has 0 aliphatic carbocycles. The predicted molar refractivity (Wildman–Crippen MR) is 68.6 cm³/mol. The largest absolute Gasteiger partial charge is 0.385 e. The van der Waals surface area contributed by atoms with E-state index in [4.69, 9.17) is 4.74 Å². The fraction of sp³-hybridized carbons (Fsp3) is 0.417. The quantitative estimate of drug-likeness (QED) is 0.844. The molecule has 3 nitrogen and oxygen atoms in total. The zero-order valence-corrected chi connectivity index (χ0v) is 11.1. The van der Waals surface area contributed by atoms with E-state index in [2.05, 4.69) is 21.2 Å². The highest BCUT2D eigenvalue weighted by Gasteiger charge is 2.03. The number of rotatable bonds is 5. The third-order valence-corrected chi connectivity index (χ3v) is 3.08. The number of anilines is 1. The first kappa shape index (κ1) is 13.2. The average molecular weight is 286 g/mol. The smallest absolute Gasteiger partial charge is 0.224 e. The molecule has 0 aliphatic rings. The standard InChI is InChI=1S/C12H16BrNO2/c1-9-8-10(5-6-11(9)13)14-12(15)4-3-7-16-2/h5-6,8H,3-4,7H2,1-2H3,(H,14,15). The molecule has 1 N–H and O–H groups in total. The summed E-state index contributed by atoms with van der Waals surface area (Å²) in [6.45, 7) is 2.61. The summed E-state index contributed by atoms with van der Waals surface area (Å²) < 4.78 is 5.94. The number of hydrogen-bond acceptors (Lipinski definition) is 2. The van der Waals surface area contributed by atoms with Crippen LogP contribution in [0.3, 0.4) is 0 Å². The summed E-state index contributed by atoms with van der Waals surface area (Å²) in [5.41, 5.74) is 1.94. The minimum atomic E-state index is 0.0266. The lowest BCUT2D eigenvalue weighted by molar-refractivity contribution is -0.116. The Hall–Kier alpha value is -0.870. The van der Waals surface area contributed by atoms with Crippen LogP contribution in [-0.2, 0) is 9.53 Å². The normalized spacial score (nSPS) is 10.2. The Labute approximate surface area is 104 Å². The molecule has 0 bridgehead atoms. The second kappa shape index (κ2) is 6.66. The molecule has 0 fully saturated rings. The zero-order chi connectivity index (χ0) is 12.0. The molecule has 0 saturated carbocycles. The van der Waals surface area contributed by atoms with E-state index in [1.807, 2.05) is 25.1 Å². The SMILES string of the molecule is COCCCC(=O)Nc1ccc(Br)c(C)c1. The van der Waals surface area contributed by atoms with Gasteiger partial charge >= 0.3 is 0 Å². The number of aryl methyl sites for hydroxylation is 1. The van der Waals surface area contributed by atoms with Crippen molar-refractivity contribution in [2.24, 2.45) is 0 Å². The van der Waals surface area contributed by atoms with Crippen LogP contribution in [0, 0.1) is 6.92 Å². The van der Waals surface area contributed by atoms with Crippen LogP contribution in [0.25, 0.3) is 0 Å². The van der Waals surface area contributed by atoms with Crippen LogP contribution in [-0.4, -0.2) is 19.6 Å². The van der Waals surface area contributed by atoms with E-state index in [1.165, 1.54) is 0 Å². The molecule has 0 atom stereocenters. The van der Waals surface area contributed by atoms with Crippen LogP contribution in [0.4, 0.5) is 5.69 Å². The first-order valence-electron chi connectivity index (χ1n) is 5.18. The Balaban J connectivity index is 2.46. The van der Waals surface area contributed by atoms with E-state index in [9.17, 15) is 4.79 Å². The molecule has 0 aliphatic heterocycles. The maximum Gasteiger partial charge on any atom is 0.224 e. The summed E-state index contributed by atoms with van der Waals surface area (Å²) in [7, 11) is 1.63. The summed E-state index contributed by atoms with van der Waals surface area (Å²) in [5, 5.41) is 2.85. The number of benzene rings is 1. The van der Waals surface area contributed by atoms with Gasteiger partial charge in [0.15, 0.2) is 0 Å². The van der Waals surface area contributed by atoms with Crippen molar-refractivity contribution in [3.63, 3.8) is 0 Å². The molecule has 0 heterocycles. The van der Waals surface area contributed by atoms with Crippen molar-refractivity contribution in [1.82, 2.24) is 0 Å². The van der Waals surface area contributed by atoms with Crippen LogP contribution in [0.15, 0.2) is 22.7 Å². The first-order chi connectivity index (χ1) is 7.63. The molecular formula is C12H16BrNO2. The molecule has 16 heavy (non-hydrogen) atoms. The van der Waals surface area contributed by atoms with Gasteiger partial charge in [-0.2, -0.15) is 0 Å². The van der Waals surface area contributed by atoms with Gasteiger partial charge in [-0.05, 0) is 37.1 Å². The molecule has 0 unspecified atom stereocenters. The van der Waals surface area contributed by atoms with E-state index in [0.29, 0.717) is 13.0 Å². The van der Waals surface area contributed by atoms with Crippen molar-refractivity contribution in [3.05, 3.63) is 28.2 Å². The van der Waals surface area contributed by atoms with Crippen molar-refractivity contribution in [2.45, 2.75) is 19.8 Å². The highest BCUT2D eigenvalue weighted by molar-refractivity contribution is 9.10. The number of methoxy groups -OCH3 is 1. The molecule has 0 radical (unpaired) electrons. The fourth-order valence-electron chi connectivity index (χ4n) is 1.32. The number of nitrogens with one attached hydrogen (secondary N) is 1. The lowest BCUT2D eigenvalue weighted by Crippen LogP contribution is -2.12. The van der Waals surface area contributed by atoms with Crippen molar-refractivity contribution >= 4 is 27.5 Å². The summed E-state index contributed by atoms with van der Waals surface area (Å²) in [6.07, 6.45) is 1.24. The maximum atomic E-state index is 11.5. The van der Waals surface area contributed by atoms with E-state index in [0.717, 1.165) is 22.1 Å². The Morgan fingerprint density at radius 2 is 2.25 bits per heavy atom. The Morgan fingerprint density at radius 1 is 1.50 bits per heavy atom. The molecule has 4 heteroatoms. The van der Waals surface area contributed by atoms with Crippen molar-refractivity contribution in [1.29, 1.82) is 0 Å². The van der Waals surface area contributed by atoms with E-state index >= 15 is 0 Å². The molecule has 0 saturated heterocycles. The highest BCUT2D eigenvalue weighted by Crippen LogP contribution is 2.20. The second-order valence-corrected chi connectivity index (χ2v) is 4.46. The van der Waals surface area contributed by atoms with Gasteiger partial charge in [-0.3, -0.25) is 4.79 Å². The van der Waals surface area contributed by atoms with Crippen LogP contribution in [0.5, 0.6) is 0 Å². The molecule has 1 aromatic carbocycles. The van der Waals surface area contributed by atoms with Crippen LogP contribution < -0.4 is 5.32 Å². The van der Waals surface area contributed by atoms with Gasteiger partial charge in [-0.1, -0.05) is 15.9 Å². The predicted octanol–water partition coefficient (Wildman–Crippen LogP) is 3.12. The van der Waals surface area contributed by atoms with Gasteiger partial charge < -0.3 is 10.1 Å². The van der Waals surface area contributed by atoms with Crippen LogP contribution in [0.2, 0.25) is 0 Å². The molecular weight excluding hydrogens is 270 g/mol. The first-order valence-corrected chi connectivity index (χ1v) is 5.97. The molecule has 0 spiro atoms. The fourth-order valence-corrected chi connectivity index (χ4v) is 1.57. The van der Waals surface area contributed by atoms with Crippen molar-refractivity contribution in [2.75, 3.05) is 19.0 Å². The molecule has 0 aromatic heterocycles.